The number of rotatable bonds is 9. The molecule has 3 fully saturated rings. The van der Waals surface area contributed by atoms with E-state index in [0.29, 0.717) is 29.8 Å². The summed E-state index contributed by atoms with van der Waals surface area (Å²) in [4.78, 5) is 58.0. The first-order valence-corrected chi connectivity index (χ1v) is 14.3. The summed E-state index contributed by atoms with van der Waals surface area (Å²) in [5.74, 6) is -1.27. The molecule has 1 heterocycles. The maximum atomic E-state index is 12.7. The summed E-state index contributed by atoms with van der Waals surface area (Å²) in [5, 5.41) is 24.4. The number of carbonyl (C=O) groups is 3. The number of hydrogen-bond acceptors (Lipinski definition) is 9. The van der Waals surface area contributed by atoms with Crippen LogP contribution in [0.4, 0.5) is 5.13 Å². The second-order valence-corrected chi connectivity index (χ2v) is 12.8. The van der Waals surface area contributed by atoms with Crippen molar-refractivity contribution in [1.29, 1.82) is 0 Å². The summed E-state index contributed by atoms with van der Waals surface area (Å²) in [6, 6.07) is 0. The van der Waals surface area contributed by atoms with E-state index in [9.17, 15) is 24.5 Å². The van der Waals surface area contributed by atoms with E-state index < -0.39 is 34.9 Å². The highest BCUT2D eigenvalue weighted by Crippen LogP contribution is 2.64. The first-order chi connectivity index (χ1) is 18.6. The van der Waals surface area contributed by atoms with Gasteiger partial charge in [-0.1, -0.05) is 12.5 Å². The second kappa shape index (κ2) is 10.8. The normalized spacial score (nSPS) is 31.6. The van der Waals surface area contributed by atoms with Gasteiger partial charge in [0.05, 0.1) is 4.92 Å². The summed E-state index contributed by atoms with van der Waals surface area (Å²) < 4.78 is 0. The highest BCUT2D eigenvalue weighted by Gasteiger charge is 2.57. The van der Waals surface area contributed by atoms with Crippen molar-refractivity contribution in [2.75, 3.05) is 11.9 Å². The predicted molar refractivity (Wildman–Crippen MR) is 142 cm³/mol. The van der Waals surface area contributed by atoms with Crippen LogP contribution in [-0.4, -0.2) is 39.3 Å². The largest absolute Gasteiger partial charge is 0.479 e. The highest BCUT2D eigenvalue weighted by molar-refractivity contribution is 7.15. The van der Waals surface area contributed by atoms with Gasteiger partial charge in [0.1, 0.15) is 5.70 Å². The van der Waals surface area contributed by atoms with Gasteiger partial charge in [-0.15, -0.1) is 11.3 Å². The van der Waals surface area contributed by atoms with Crippen LogP contribution in [0, 0.1) is 52.0 Å². The molecule has 1 amide bonds. The monoisotopic (exact) mass is 558 g/mol. The quantitative estimate of drug-likeness (QED) is 0.297. The number of nitrogens with one attached hydrogen (secondary N) is 2. The van der Waals surface area contributed by atoms with Gasteiger partial charge in [-0.05, 0) is 87.0 Å². The number of amides is 1. The van der Waals surface area contributed by atoms with E-state index in [4.69, 9.17) is 9.94 Å². The Morgan fingerprint density at radius 1 is 1.28 bits per heavy atom. The van der Waals surface area contributed by atoms with Gasteiger partial charge in [0.15, 0.2) is 11.7 Å². The lowest BCUT2D eigenvalue weighted by Gasteiger charge is -2.54. The Bertz CT molecular complexity index is 1260. The average Bonchev–Trinajstić information content (AvgIpc) is 3.43. The number of nitrogens with zero attached hydrogens (tertiary/aromatic N) is 2. The number of aliphatic carboxylic acids is 1. The number of carbonyl (C=O) groups excluding carboxylic acids is 2. The number of carboxylic acids is 1. The topological polar surface area (TPSA) is 161 Å². The van der Waals surface area contributed by atoms with Crippen LogP contribution in [0.3, 0.4) is 0 Å². The molecule has 0 radical (unpaired) electrons. The number of carboxylic acid groups (broad SMARTS) is 1. The molecule has 0 aromatic carbocycles. The molecular formula is C27H34N4O7S. The van der Waals surface area contributed by atoms with Crippen molar-refractivity contribution >= 4 is 34.1 Å². The Balaban J connectivity index is 1.36. The number of anilines is 1. The number of hydroxylamine groups is 1. The maximum absolute atomic E-state index is 12.7. The van der Waals surface area contributed by atoms with Gasteiger partial charge in [0, 0.05) is 23.4 Å². The Morgan fingerprint density at radius 3 is 2.74 bits per heavy atom. The SMILES string of the molecule is Cc1cnc(NC(=O)CC[C@H]2CC[C@@]3(C)CCC4C5C(=CC(=O)C([N+](=O)[O-])=C5NOCC(=O)O)CCC4C23)s1. The van der Waals surface area contributed by atoms with Crippen molar-refractivity contribution in [3.05, 3.63) is 44.2 Å². The lowest BCUT2D eigenvalue weighted by atomic mass is 9.51. The Kier molecular flexibility index (Phi) is 7.60. The molecule has 1 aromatic rings. The number of aryl methyl sites for hydroxylation is 1. The summed E-state index contributed by atoms with van der Waals surface area (Å²) >= 11 is 1.45. The van der Waals surface area contributed by atoms with Crippen LogP contribution in [0.2, 0.25) is 0 Å². The van der Waals surface area contributed by atoms with Crippen LogP contribution >= 0.6 is 11.3 Å². The van der Waals surface area contributed by atoms with E-state index in [1.54, 1.807) is 6.20 Å². The summed E-state index contributed by atoms with van der Waals surface area (Å²) in [7, 11) is 0. The first-order valence-electron chi connectivity index (χ1n) is 13.5. The Labute approximate surface area is 230 Å². The van der Waals surface area contributed by atoms with Crippen molar-refractivity contribution < 1.29 is 29.3 Å². The zero-order chi connectivity index (χ0) is 27.9. The molecule has 4 aliphatic rings. The van der Waals surface area contributed by atoms with Crippen molar-refractivity contribution in [3.8, 4) is 0 Å². The molecule has 12 heteroatoms. The van der Waals surface area contributed by atoms with E-state index >= 15 is 0 Å². The number of fused-ring (bicyclic) bond motifs is 5. The Hall–Kier alpha value is -3.12. The fourth-order valence-electron chi connectivity index (χ4n) is 7.93. The molecule has 39 heavy (non-hydrogen) atoms. The third kappa shape index (κ3) is 5.36. The molecule has 0 spiro atoms. The summed E-state index contributed by atoms with van der Waals surface area (Å²) in [5.41, 5.74) is 3.03. The number of allylic oxidation sites excluding steroid dienone is 2. The Morgan fingerprint density at radius 2 is 2.05 bits per heavy atom. The molecule has 3 saturated carbocycles. The highest BCUT2D eigenvalue weighted by atomic mass is 32.1. The molecule has 5 rings (SSSR count). The van der Waals surface area contributed by atoms with Crippen LogP contribution in [0.15, 0.2) is 29.2 Å². The minimum absolute atomic E-state index is 0.0365. The molecule has 1 aromatic heterocycles. The standard InChI is InChI=1S/C27H34N4O7S/c1-14-12-28-26(39-14)29-20(33)6-4-15-7-9-27(2)10-8-17-18(23(15)27)5-3-16-11-19(32)25(31(36)37)24(22(16)17)30-38-13-21(34)35/h11-12,15,17-18,22-23,30H,3-10,13H2,1-2H3,(H,34,35)(H,28,29,33)/t15-,17?,18?,22?,23?,27-/m0/s1. The molecule has 3 N–H and O–H groups in total. The predicted octanol–water partition coefficient (Wildman–Crippen LogP) is 4.24. The lowest BCUT2D eigenvalue weighted by molar-refractivity contribution is -0.421. The zero-order valence-electron chi connectivity index (χ0n) is 22.1. The van der Waals surface area contributed by atoms with Crippen molar-refractivity contribution in [3.63, 3.8) is 0 Å². The zero-order valence-corrected chi connectivity index (χ0v) is 22.9. The van der Waals surface area contributed by atoms with Crippen molar-refractivity contribution in [1.82, 2.24) is 10.5 Å². The number of hydrogen-bond donors (Lipinski definition) is 3. The van der Waals surface area contributed by atoms with Crippen LogP contribution < -0.4 is 10.8 Å². The molecule has 4 aliphatic carbocycles. The minimum atomic E-state index is -1.22. The molecule has 11 nitrogen and oxygen atoms in total. The average molecular weight is 559 g/mol. The van der Waals surface area contributed by atoms with Crippen LogP contribution in [0.5, 0.6) is 0 Å². The fraction of sp³-hybridized carbons (Fsp3) is 0.630. The summed E-state index contributed by atoms with van der Waals surface area (Å²) in [6.45, 7) is 3.60. The molecule has 210 valence electrons. The summed E-state index contributed by atoms with van der Waals surface area (Å²) in [6.07, 6.45) is 9.83. The number of aromatic nitrogens is 1. The van der Waals surface area contributed by atoms with Gasteiger partial charge in [-0.25, -0.2) is 9.78 Å². The second-order valence-electron chi connectivity index (χ2n) is 11.6. The molecular weight excluding hydrogens is 524 g/mol. The van der Waals surface area contributed by atoms with Gasteiger partial charge in [0.25, 0.3) is 5.78 Å². The van der Waals surface area contributed by atoms with E-state index in [1.165, 1.54) is 17.4 Å². The molecule has 0 bridgehead atoms. The molecule has 0 saturated heterocycles. The lowest BCUT2D eigenvalue weighted by Crippen LogP contribution is -2.48. The van der Waals surface area contributed by atoms with Crippen molar-refractivity contribution in [2.24, 2.45) is 35.0 Å². The number of thiazole rings is 1. The van der Waals surface area contributed by atoms with Crippen molar-refractivity contribution in [2.45, 2.75) is 65.2 Å². The third-order valence-electron chi connectivity index (χ3n) is 9.34. The molecule has 6 atom stereocenters. The van der Waals surface area contributed by atoms with Gasteiger partial charge >= 0.3 is 11.7 Å². The van der Waals surface area contributed by atoms with Gasteiger partial charge < -0.3 is 10.4 Å². The first kappa shape index (κ1) is 27.4. The van der Waals surface area contributed by atoms with Crippen LogP contribution in [0.25, 0.3) is 0 Å². The van der Waals surface area contributed by atoms with Crippen LogP contribution in [-0.2, 0) is 19.2 Å². The minimum Gasteiger partial charge on any atom is -0.479 e. The van der Waals surface area contributed by atoms with Crippen LogP contribution in [0.1, 0.15) is 63.2 Å². The van der Waals surface area contributed by atoms with E-state index in [0.717, 1.165) is 49.0 Å². The third-order valence-corrected chi connectivity index (χ3v) is 10.2. The van der Waals surface area contributed by atoms with Gasteiger partial charge in [0.2, 0.25) is 5.91 Å². The smallest absolute Gasteiger partial charge is 0.337 e. The maximum Gasteiger partial charge on any atom is 0.337 e. The number of nitro groups is 1. The van der Waals surface area contributed by atoms with E-state index in [-0.39, 0.29) is 28.9 Å². The number of ketones is 1. The molecule has 0 aliphatic heterocycles. The van der Waals surface area contributed by atoms with Gasteiger partial charge in [-0.2, -0.15) is 0 Å². The fourth-order valence-corrected chi connectivity index (χ4v) is 8.61. The van der Waals surface area contributed by atoms with E-state index in [2.05, 4.69) is 22.7 Å². The van der Waals surface area contributed by atoms with E-state index in [1.807, 2.05) is 6.92 Å². The molecule has 4 unspecified atom stereocenters. The van der Waals surface area contributed by atoms with Gasteiger partial charge in [-0.3, -0.25) is 30.0 Å².